The van der Waals surface area contributed by atoms with Crippen LogP contribution in [0.2, 0.25) is 0 Å². The minimum absolute atomic E-state index is 0.0239. The second kappa shape index (κ2) is 25.2. The van der Waals surface area contributed by atoms with Crippen LogP contribution in [0.1, 0.15) is 93.7 Å². The number of hydrogen-bond acceptors (Lipinski definition) is 9. The number of primary amides is 1. The first kappa shape index (κ1) is 52.6. The number of carbonyl (C=O) groups excluding carboxylic acids is 8. The molecule has 1 saturated carbocycles. The highest BCUT2D eigenvalue weighted by atomic mass is 16.2. The van der Waals surface area contributed by atoms with E-state index in [1.54, 1.807) is 36.5 Å². The second-order valence-electron chi connectivity index (χ2n) is 18.3. The third kappa shape index (κ3) is 14.9. The van der Waals surface area contributed by atoms with Crippen LogP contribution < -0.4 is 54.4 Å². The summed E-state index contributed by atoms with van der Waals surface area (Å²) in [5.74, 6) is -6.33. The third-order valence-corrected chi connectivity index (χ3v) is 13.1. The first-order chi connectivity index (χ1) is 34.1. The maximum atomic E-state index is 15.1. The van der Waals surface area contributed by atoms with Gasteiger partial charge in [0.05, 0.1) is 6.42 Å². The molecular weight excluding hydrogens is 909 g/mol. The Morgan fingerprint density at radius 1 is 0.732 bits per heavy atom. The first-order valence-electron chi connectivity index (χ1n) is 24.2. The molecule has 378 valence electrons. The number of rotatable bonds is 14. The Hall–Kier alpha value is -7.77. The van der Waals surface area contributed by atoms with Crippen molar-refractivity contribution in [2.75, 3.05) is 13.1 Å². The van der Waals surface area contributed by atoms with Crippen LogP contribution in [-0.4, -0.2) is 107 Å². The topological polar surface area (TPSA) is 327 Å². The van der Waals surface area contributed by atoms with Crippen LogP contribution in [0.15, 0.2) is 96.1 Å². The smallest absolute Gasteiger partial charge is 0.246 e. The SMILES string of the molecule is CCCCC(=O)N[C@H]1CC(=O)NC[C@@H](C(N)=O)NC(=O)[C@H](Cc2c[nH]c3ccccc23)NC(=O)[C@H](CCCN=C(N)N)NC(=O)[C@@H](Cc2ccccc2)NC(=O)C2(CCC(c3ccccc3)CC2)NC1=O. The van der Waals surface area contributed by atoms with E-state index in [0.717, 1.165) is 16.5 Å². The minimum atomic E-state index is -1.63. The average molecular weight is 975 g/mol. The van der Waals surface area contributed by atoms with Gasteiger partial charge in [0, 0.05) is 49.5 Å². The highest BCUT2D eigenvalue weighted by Gasteiger charge is 2.46. The van der Waals surface area contributed by atoms with Crippen molar-refractivity contribution >= 4 is 64.1 Å². The van der Waals surface area contributed by atoms with Gasteiger partial charge in [-0.2, -0.15) is 0 Å². The molecule has 1 spiro atoms. The number of fused-ring (bicyclic) bond motifs is 1. The molecule has 1 aromatic heterocycles. The molecule has 2 heterocycles. The summed E-state index contributed by atoms with van der Waals surface area (Å²) in [6.07, 6.45) is 3.53. The van der Waals surface area contributed by atoms with Crippen molar-refractivity contribution in [3.8, 4) is 0 Å². The molecule has 0 bridgehead atoms. The number of nitrogens with one attached hydrogen (secondary N) is 8. The van der Waals surface area contributed by atoms with E-state index in [1.165, 1.54) is 0 Å². The Labute approximate surface area is 412 Å². The normalized spacial score (nSPS) is 24.0. The average Bonchev–Trinajstić information content (AvgIpc) is 3.77. The van der Waals surface area contributed by atoms with E-state index in [2.05, 4.69) is 47.2 Å². The van der Waals surface area contributed by atoms with E-state index in [-0.39, 0.29) is 63.4 Å². The van der Waals surface area contributed by atoms with Gasteiger partial charge in [0.2, 0.25) is 47.3 Å². The van der Waals surface area contributed by atoms with Gasteiger partial charge < -0.3 is 59.4 Å². The van der Waals surface area contributed by atoms with Gasteiger partial charge in [0.1, 0.15) is 35.7 Å². The number of para-hydroxylation sites is 1. The number of nitrogens with two attached hydrogens (primary N) is 3. The molecule has 4 aromatic rings. The lowest BCUT2D eigenvalue weighted by Crippen LogP contribution is -2.66. The van der Waals surface area contributed by atoms with Crippen molar-refractivity contribution in [1.29, 1.82) is 0 Å². The van der Waals surface area contributed by atoms with Crippen molar-refractivity contribution < 1.29 is 38.4 Å². The Morgan fingerprint density at radius 2 is 1.37 bits per heavy atom. The van der Waals surface area contributed by atoms with Gasteiger partial charge >= 0.3 is 0 Å². The van der Waals surface area contributed by atoms with Gasteiger partial charge in [-0.1, -0.05) is 92.2 Å². The van der Waals surface area contributed by atoms with Gasteiger partial charge in [0.15, 0.2) is 5.96 Å². The molecule has 8 amide bonds. The van der Waals surface area contributed by atoms with Gasteiger partial charge in [-0.15, -0.1) is 0 Å². The van der Waals surface area contributed by atoms with Gasteiger partial charge in [0.25, 0.3) is 0 Å². The molecule has 1 aliphatic heterocycles. The van der Waals surface area contributed by atoms with Crippen LogP contribution in [0.4, 0.5) is 0 Å². The maximum Gasteiger partial charge on any atom is 0.246 e. The van der Waals surface area contributed by atoms with Gasteiger partial charge in [-0.3, -0.25) is 43.3 Å². The molecular formula is C51H66N12O8. The lowest BCUT2D eigenvalue weighted by Gasteiger charge is -2.41. The van der Waals surface area contributed by atoms with Crippen molar-refractivity contribution in [2.45, 2.75) is 126 Å². The number of aromatic nitrogens is 1. The predicted octanol–water partition coefficient (Wildman–Crippen LogP) is 0.839. The summed E-state index contributed by atoms with van der Waals surface area (Å²) in [7, 11) is 0. The fraction of sp³-hybridized carbons (Fsp3) is 0.431. The lowest BCUT2D eigenvalue weighted by atomic mass is 9.73. The zero-order chi connectivity index (χ0) is 50.9. The first-order valence-corrected chi connectivity index (χ1v) is 24.2. The van der Waals surface area contributed by atoms with E-state index in [1.807, 2.05) is 61.5 Å². The zero-order valence-corrected chi connectivity index (χ0v) is 40.0. The summed E-state index contributed by atoms with van der Waals surface area (Å²) < 4.78 is 0. The molecule has 6 rings (SSSR count). The Morgan fingerprint density at radius 3 is 2.06 bits per heavy atom. The van der Waals surface area contributed by atoms with Crippen LogP contribution >= 0.6 is 0 Å². The predicted molar refractivity (Wildman–Crippen MR) is 267 cm³/mol. The molecule has 5 atom stereocenters. The molecule has 1 aliphatic carbocycles. The molecule has 3 aromatic carbocycles. The summed E-state index contributed by atoms with van der Waals surface area (Å²) in [6, 6.07) is 19.0. The van der Waals surface area contributed by atoms with Crippen LogP contribution in [-0.2, 0) is 51.2 Å². The molecule has 20 heteroatoms. The molecule has 1 saturated heterocycles. The van der Waals surface area contributed by atoms with E-state index < -0.39 is 96.0 Å². The van der Waals surface area contributed by atoms with E-state index >= 15 is 4.79 Å². The van der Waals surface area contributed by atoms with Crippen molar-refractivity contribution in [3.05, 3.63) is 108 Å². The second-order valence-corrected chi connectivity index (χ2v) is 18.3. The monoisotopic (exact) mass is 975 g/mol. The highest BCUT2D eigenvalue weighted by Crippen LogP contribution is 2.38. The number of carbonyl (C=O) groups is 8. The standard InChI is InChI=1S/C51H66N12O8/c1-2-3-20-42(64)58-40-28-43(65)57-30-41(44(52)66)61-47(69)39(27-34-29-56-36-18-11-10-17-35(34)36)60-45(67)37(19-12-25-55-50(53)54)59-46(68)38(26-31-13-6-4-7-14-31)62-49(71)51(63-48(40)70)23-21-33(22-24-51)32-15-8-5-9-16-32/h4-11,13-18,29,33,37-41,56H,2-3,12,19-28,30H2,1H3,(H2,52,66)(H,57,65)(H,58,64)(H,59,68)(H,60,67)(H,61,69)(H,62,71)(H,63,70)(H4,53,54,55)/t33?,37-,38+,39-,40-,41-,51?/m0/s1. The number of benzene rings is 3. The molecule has 2 aliphatic rings. The van der Waals surface area contributed by atoms with Gasteiger partial charge in [-0.05, 0) is 73.6 Å². The Balaban J connectivity index is 1.41. The number of aromatic amines is 1. The molecule has 14 N–H and O–H groups in total. The number of nitrogens with zero attached hydrogens (tertiary/aromatic N) is 1. The van der Waals surface area contributed by atoms with Crippen LogP contribution in [0.25, 0.3) is 10.9 Å². The summed E-state index contributed by atoms with van der Waals surface area (Å²) in [5, 5.41) is 20.0. The largest absolute Gasteiger partial charge is 0.370 e. The summed E-state index contributed by atoms with van der Waals surface area (Å²) >= 11 is 0. The third-order valence-electron chi connectivity index (χ3n) is 13.1. The summed E-state index contributed by atoms with van der Waals surface area (Å²) in [6.45, 7) is 1.46. The zero-order valence-electron chi connectivity index (χ0n) is 40.0. The fourth-order valence-electron chi connectivity index (χ4n) is 9.08. The minimum Gasteiger partial charge on any atom is -0.370 e. The van der Waals surface area contributed by atoms with Crippen molar-refractivity contribution in [2.24, 2.45) is 22.2 Å². The number of unbranched alkanes of at least 4 members (excludes halogenated alkanes) is 1. The van der Waals surface area contributed by atoms with Crippen molar-refractivity contribution in [3.63, 3.8) is 0 Å². The fourth-order valence-corrected chi connectivity index (χ4v) is 9.08. The number of guanidine groups is 1. The number of amides is 8. The molecule has 20 nitrogen and oxygen atoms in total. The maximum absolute atomic E-state index is 15.1. The summed E-state index contributed by atoms with van der Waals surface area (Å²) in [4.78, 5) is 120. The molecule has 2 fully saturated rings. The van der Waals surface area contributed by atoms with Crippen LogP contribution in [0.3, 0.4) is 0 Å². The quantitative estimate of drug-likeness (QED) is 0.0481. The number of hydrogen-bond donors (Lipinski definition) is 11. The van der Waals surface area contributed by atoms with Crippen LogP contribution in [0, 0.1) is 0 Å². The lowest BCUT2D eigenvalue weighted by molar-refractivity contribution is -0.140. The van der Waals surface area contributed by atoms with Crippen molar-refractivity contribution in [1.82, 2.24) is 42.2 Å². The molecule has 0 unspecified atom stereocenters. The van der Waals surface area contributed by atoms with Crippen LogP contribution in [0.5, 0.6) is 0 Å². The Kier molecular flexibility index (Phi) is 18.7. The van der Waals surface area contributed by atoms with Gasteiger partial charge in [-0.25, -0.2) is 0 Å². The number of aliphatic imine (C=N–C) groups is 1. The van der Waals surface area contributed by atoms with E-state index in [9.17, 15) is 33.6 Å². The Bertz CT molecular complexity index is 2540. The molecule has 71 heavy (non-hydrogen) atoms. The van der Waals surface area contributed by atoms with E-state index in [4.69, 9.17) is 17.2 Å². The highest BCUT2D eigenvalue weighted by molar-refractivity contribution is 6.00. The molecule has 0 radical (unpaired) electrons. The van der Waals surface area contributed by atoms with E-state index in [0.29, 0.717) is 36.8 Å². The summed E-state index contributed by atoms with van der Waals surface area (Å²) in [5.41, 5.74) is 18.4. The number of H-pyrrole nitrogens is 1.